The van der Waals surface area contributed by atoms with Gasteiger partial charge in [-0.2, -0.15) is 0 Å². The highest BCUT2D eigenvalue weighted by molar-refractivity contribution is 9.10. The van der Waals surface area contributed by atoms with Gasteiger partial charge in [-0.3, -0.25) is 4.79 Å². The quantitative estimate of drug-likeness (QED) is 0.696. The summed E-state index contributed by atoms with van der Waals surface area (Å²) in [4.78, 5) is 17.8. The zero-order valence-corrected chi connectivity index (χ0v) is 13.2. The van der Waals surface area contributed by atoms with Gasteiger partial charge >= 0.3 is 0 Å². The van der Waals surface area contributed by atoms with Crippen molar-refractivity contribution in [2.75, 3.05) is 0 Å². The minimum atomic E-state index is 0.297. The predicted molar refractivity (Wildman–Crippen MR) is 87.9 cm³/mol. The number of nitrogens with one attached hydrogen (secondary N) is 1. The molecule has 3 rings (SSSR count). The molecule has 0 unspecified atom stereocenters. The molecule has 0 saturated carbocycles. The molecule has 0 amide bonds. The highest BCUT2D eigenvalue weighted by Crippen LogP contribution is 2.27. The molecule has 0 aliphatic rings. The average molecular weight is 357 g/mol. The van der Waals surface area contributed by atoms with Crippen LogP contribution in [0.1, 0.15) is 16.2 Å². The van der Waals surface area contributed by atoms with E-state index >= 15 is 0 Å². The van der Waals surface area contributed by atoms with E-state index in [-0.39, 0.29) is 0 Å². The maximum Gasteiger partial charge on any atom is 0.185 e. The Hall–Kier alpha value is -2.40. The maximum atomic E-state index is 10.7. The van der Waals surface area contributed by atoms with Crippen LogP contribution in [0.25, 0.3) is 11.3 Å². The highest BCUT2D eigenvalue weighted by atomic mass is 79.9. The van der Waals surface area contributed by atoms with Crippen molar-refractivity contribution >= 4 is 22.2 Å². The van der Waals surface area contributed by atoms with Crippen LogP contribution in [-0.2, 0) is 6.61 Å². The van der Waals surface area contributed by atoms with Gasteiger partial charge in [-0.15, -0.1) is 0 Å². The number of benzene rings is 2. The van der Waals surface area contributed by atoms with Crippen molar-refractivity contribution in [1.29, 1.82) is 0 Å². The molecule has 3 aromatic rings. The molecule has 0 saturated heterocycles. The van der Waals surface area contributed by atoms with Gasteiger partial charge in [-0.1, -0.05) is 30.3 Å². The summed E-state index contributed by atoms with van der Waals surface area (Å²) in [5.74, 6) is 1.08. The van der Waals surface area contributed by atoms with Gasteiger partial charge in [-0.25, -0.2) is 4.98 Å². The number of hydrogen-bond acceptors (Lipinski definition) is 3. The second kappa shape index (κ2) is 6.58. The Morgan fingerprint density at radius 3 is 2.45 bits per heavy atom. The van der Waals surface area contributed by atoms with Crippen LogP contribution in [0.15, 0.2) is 59.2 Å². The summed E-state index contributed by atoms with van der Waals surface area (Å²) in [5, 5.41) is 0. The number of aldehydes is 1. The Morgan fingerprint density at radius 2 is 1.82 bits per heavy atom. The van der Waals surface area contributed by atoms with Crippen molar-refractivity contribution in [3.63, 3.8) is 0 Å². The zero-order chi connectivity index (χ0) is 15.4. The summed E-state index contributed by atoms with van der Waals surface area (Å²) in [6, 6.07) is 17.6. The van der Waals surface area contributed by atoms with Crippen molar-refractivity contribution in [2.24, 2.45) is 0 Å². The summed E-state index contributed by atoms with van der Waals surface area (Å²) in [7, 11) is 0. The number of rotatable bonds is 5. The first-order chi connectivity index (χ1) is 10.8. The van der Waals surface area contributed by atoms with Crippen LogP contribution in [0.4, 0.5) is 0 Å². The molecule has 1 N–H and O–H groups in total. The monoisotopic (exact) mass is 356 g/mol. The summed E-state index contributed by atoms with van der Waals surface area (Å²) < 4.78 is 6.43. The van der Waals surface area contributed by atoms with E-state index < -0.39 is 0 Å². The van der Waals surface area contributed by atoms with Gasteiger partial charge in [0.05, 0.1) is 0 Å². The lowest BCUT2D eigenvalue weighted by molar-refractivity contribution is 0.111. The SMILES string of the molecule is O=Cc1nc(-c2ccc(OCc3ccccc3)cc2)c(Br)[nH]1. The van der Waals surface area contributed by atoms with Crippen LogP contribution in [0.5, 0.6) is 5.75 Å². The largest absolute Gasteiger partial charge is 0.489 e. The summed E-state index contributed by atoms with van der Waals surface area (Å²) >= 11 is 3.37. The Balaban J connectivity index is 1.72. The van der Waals surface area contributed by atoms with Gasteiger partial charge in [0.2, 0.25) is 0 Å². The molecular formula is C17H13BrN2O2. The van der Waals surface area contributed by atoms with Crippen LogP contribution in [0.2, 0.25) is 0 Å². The topological polar surface area (TPSA) is 55.0 Å². The fourth-order valence-corrected chi connectivity index (χ4v) is 2.59. The van der Waals surface area contributed by atoms with Gasteiger partial charge in [0.15, 0.2) is 12.1 Å². The lowest BCUT2D eigenvalue weighted by Crippen LogP contribution is -1.94. The van der Waals surface area contributed by atoms with Crippen LogP contribution < -0.4 is 4.74 Å². The van der Waals surface area contributed by atoms with E-state index in [0.29, 0.717) is 29.0 Å². The van der Waals surface area contributed by atoms with Crippen molar-refractivity contribution < 1.29 is 9.53 Å². The number of aromatic nitrogens is 2. The molecule has 1 heterocycles. The normalized spacial score (nSPS) is 10.4. The smallest absolute Gasteiger partial charge is 0.185 e. The second-order valence-corrected chi connectivity index (χ2v) is 5.49. The summed E-state index contributed by atoms with van der Waals surface area (Å²) in [6.45, 7) is 0.529. The van der Waals surface area contributed by atoms with Crippen molar-refractivity contribution in [2.45, 2.75) is 6.61 Å². The number of imidazole rings is 1. The summed E-state index contributed by atoms with van der Waals surface area (Å²) in [5.41, 5.74) is 2.73. The third-order valence-corrected chi connectivity index (χ3v) is 3.74. The molecule has 2 aromatic carbocycles. The van der Waals surface area contributed by atoms with Crippen LogP contribution in [0.3, 0.4) is 0 Å². The van der Waals surface area contributed by atoms with Gasteiger partial charge in [0.1, 0.15) is 22.7 Å². The third kappa shape index (κ3) is 3.26. The van der Waals surface area contributed by atoms with E-state index in [2.05, 4.69) is 25.9 Å². The van der Waals surface area contributed by atoms with Crippen molar-refractivity contribution in [3.8, 4) is 17.0 Å². The maximum absolute atomic E-state index is 10.7. The minimum absolute atomic E-state index is 0.297. The molecule has 0 aliphatic carbocycles. The zero-order valence-electron chi connectivity index (χ0n) is 11.6. The lowest BCUT2D eigenvalue weighted by atomic mass is 10.1. The number of hydrogen-bond donors (Lipinski definition) is 1. The molecule has 22 heavy (non-hydrogen) atoms. The molecule has 1 aromatic heterocycles. The first-order valence-corrected chi connectivity index (χ1v) is 7.53. The molecule has 0 bridgehead atoms. The highest BCUT2D eigenvalue weighted by Gasteiger charge is 2.09. The molecule has 5 heteroatoms. The number of H-pyrrole nitrogens is 1. The van der Waals surface area contributed by atoms with E-state index in [1.165, 1.54) is 0 Å². The van der Waals surface area contributed by atoms with Gasteiger partial charge < -0.3 is 9.72 Å². The molecule has 110 valence electrons. The molecular weight excluding hydrogens is 344 g/mol. The second-order valence-electron chi connectivity index (χ2n) is 4.70. The number of ether oxygens (including phenoxy) is 1. The minimum Gasteiger partial charge on any atom is -0.489 e. The van der Waals surface area contributed by atoms with Crippen LogP contribution >= 0.6 is 15.9 Å². The molecule has 4 nitrogen and oxygen atoms in total. The Morgan fingerprint density at radius 1 is 1.09 bits per heavy atom. The van der Waals surface area contributed by atoms with E-state index in [4.69, 9.17) is 4.74 Å². The predicted octanol–water partition coefficient (Wildman–Crippen LogP) is 4.23. The fraction of sp³-hybridized carbons (Fsp3) is 0.0588. The van der Waals surface area contributed by atoms with Gasteiger partial charge in [0.25, 0.3) is 0 Å². The van der Waals surface area contributed by atoms with E-state index in [9.17, 15) is 4.79 Å². The number of halogens is 1. The lowest BCUT2D eigenvalue weighted by Gasteiger charge is -2.07. The first kappa shape index (κ1) is 14.5. The number of carbonyl (C=O) groups is 1. The van der Waals surface area contributed by atoms with Gasteiger partial charge in [0, 0.05) is 5.56 Å². The number of carbonyl (C=O) groups excluding carboxylic acids is 1. The van der Waals surface area contributed by atoms with Crippen molar-refractivity contribution in [3.05, 3.63) is 70.6 Å². The summed E-state index contributed by atoms with van der Waals surface area (Å²) in [6.07, 6.45) is 0.686. The molecule has 0 atom stereocenters. The van der Waals surface area contributed by atoms with Gasteiger partial charge in [-0.05, 0) is 45.8 Å². The van der Waals surface area contributed by atoms with Crippen LogP contribution in [-0.4, -0.2) is 16.3 Å². The molecule has 0 aliphatic heterocycles. The fourth-order valence-electron chi connectivity index (χ4n) is 2.07. The number of aromatic amines is 1. The molecule has 0 fully saturated rings. The Bertz CT molecular complexity index is 767. The molecule has 0 radical (unpaired) electrons. The van der Waals surface area contributed by atoms with Crippen molar-refractivity contribution in [1.82, 2.24) is 9.97 Å². The number of nitrogens with zero attached hydrogens (tertiary/aromatic N) is 1. The average Bonchev–Trinajstić information content (AvgIpc) is 2.95. The van der Waals surface area contributed by atoms with Crippen LogP contribution in [0, 0.1) is 0 Å². The Labute approximate surface area is 136 Å². The first-order valence-electron chi connectivity index (χ1n) is 6.74. The van der Waals surface area contributed by atoms with E-state index in [0.717, 1.165) is 16.9 Å². The van der Waals surface area contributed by atoms with E-state index in [1.807, 2.05) is 54.6 Å². The Kier molecular flexibility index (Phi) is 4.34. The standard InChI is InChI=1S/C17H13BrN2O2/c18-17-16(19-15(10-21)20-17)13-6-8-14(9-7-13)22-11-12-4-2-1-3-5-12/h1-10H,11H2,(H,19,20). The van der Waals surface area contributed by atoms with E-state index in [1.54, 1.807) is 0 Å². The third-order valence-electron chi connectivity index (χ3n) is 3.17. The molecule has 0 spiro atoms.